The maximum absolute atomic E-state index is 11.9. The maximum Gasteiger partial charge on any atom is 0.220 e. The van der Waals surface area contributed by atoms with Crippen molar-refractivity contribution in [3.8, 4) is 0 Å². The number of ketones is 1. The Morgan fingerprint density at radius 3 is 2.39 bits per heavy atom. The van der Waals surface area contributed by atoms with Crippen LogP contribution < -0.4 is 5.73 Å². The summed E-state index contributed by atoms with van der Waals surface area (Å²) in [4.78, 5) is 23.1. The zero-order valence-electron chi connectivity index (χ0n) is 10.5. The Labute approximate surface area is 116 Å². The molecule has 0 aliphatic heterocycles. The predicted molar refractivity (Wildman–Crippen MR) is 75.1 cm³/mol. The van der Waals surface area contributed by atoms with Crippen molar-refractivity contribution in [1.29, 1.82) is 0 Å². The lowest BCUT2D eigenvalue weighted by Crippen LogP contribution is -2.26. The van der Waals surface area contributed by atoms with E-state index in [2.05, 4.69) is 15.9 Å². The second-order valence-corrected chi connectivity index (χ2v) is 5.35. The lowest BCUT2D eigenvalue weighted by atomic mass is 9.94. The molecule has 0 saturated heterocycles. The summed E-state index contributed by atoms with van der Waals surface area (Å²) in [5.41, 5.74) is 6.25. The smallest absolute Gasteiger partial charge is 0.220 e. The molecular formula is C14H18BrNO2. The van der Waals surface area contributed by atoms with Gasteiger partial charge in [-0.25, -0.2) is 0 Å². The van der Waals surface area contributed by atoms with Crippen LogP contribution in [-0.2, 0) is 16.0 Å². The summed E-state index contributed by atoms with van der Waals surface area (Å²) < 4.78 is 0.986. The first-order chi connectivity index (χ1) is 8.52. The van der Waals surface area contributed by atoms with Gasteiger partial charge in [0, 0.05) is 23.2 Å². The highest BCUT2D eigenvalue weighted by molar-refractivity contribution is 9.10. The molecule has 0 spiro atoms. The van der Waals surface area contributed by atoms with Crippen LogP contribution in [0, 0.1) is 5.92 Å². The van der Waals surface area contributed by atoms with Crippen LogP contribution in [0.1, 0.15) is 31.7 Å². The van der Waals surface area contributed by atoms with Gasteiger partial charge in [-0.1, -0.05) is 41.4 Å². The summed E-state index contributed by atoms with van der Waals surface area (Å²) in [7, 11) is 0. The van der Waals surface area contributed by atoms with Gasteiger partial charge in [0.2, 0.25) is 5.91 Å². The van der Waals surface area contributed by atoms with Crippen LogP contribution in [-0.4, -0.2) is 11.7 Å². The number of primary amides is 1. The van der Waals surface area contributed by atoms with Gasteiger partial charge in [0.05, 0.1) is 0 Å². The quantitative estimate of drug-likeness (QED) is 0.841. The van der Waals surface area contributed by atoms with Gasteiger partial charge in [-0.05, 0) is 24.1 Å². The number of benzene rings is 1. The molecular weight excluding hydrogens is 294 g/mol. The van der Waals surface area contributed by atoms with E-state index in [1.807, 2.05) is 31.2 Å². The van der Waals surface area contributed by atoms with Crippen LogP contribution in [0.15, 0.2) is 28.7 Å². The van der Waals surface area contributed by atoms with Crippen LogP contribution in [0.25, 0.3) is 0 Å². The van der Waals surface area contributed by atoms with Crippen LogP contribution in [0.4, 0.5) is 0 Å². The number of halogens is 1. The van der Waals surface area contributed by atoms with Gasteiger partial charge >= 0.3 is 0 Å². The number of nitrogens with two attached hydrogens (primary N) is 1. The average Bonchev–Trinajstić information content (AvgIpc) is 2.31. The maximum atomic E-state index is 11.9. The Kier molecular flexibility index (Phi) is 6.05. The van der Waals surface area contributed by atoms with Gasteiger partial charge in [0.25, 0.3) is 0 Å². The molecule has 0 heterocycles. The number of hydrogen-bond donors (Lipinski definition) is 1. The van der Waals surface area contributed by atoms with Crippen molar-refractivity contribution in [2.45, 2.75) is 32.6 Å². The van der Waals surface area contributed by atoms with Crippen LogP contribution in [0.5, 0.6) is 0 Å². The minimum Gasteiger partial charge on any atom is -0.369 e. The minimum atomic E-state index is -0.374. The third-order valence-electron chi connectivity index (χ3n) is 2.83. The third kappa shape index (κ3) is 5.00. The van der Waals surface area contributed by atoms with E-state index in [1.54, 1.807) is 0 Å². The first-order valence-corrected chi connectivity index (χ1v) is 6.87. The molecule has 2 N–H and O–H groups in total. The highest BCUT2D eigenvalue weighted by Gasteiger charge is 2.18. The molecule has 0 fully saturated rings. The standard InChI is InChI=1S/C14H18BrNO2/c1-2-3-11(14(16)18)9-13(17)8-10-4-6-12(15)7-5-10/h4-7,11H,2-3,8-9H2,1H3,(H2,16,18)/t11-/m1/s1. The van der Waals surface area contributed by atoms with E-state index in [1.165, 1.54) is 0 Å². The number of amides is 1. The molecule has 1 rings (SSSR count). The van der Waals surface area contributed by atoms with Crippen molar-refractivity contribution in [1.82, 2.24) is 0 Å². The monoisotopic (exact) mass is 311 g/mol. The molecule has 0 unspecified atom stereocenters. The van der Waals surface area contributed by atoms with E-state index in [-0.39, 0.29) is 24.0 Å². The lowest BCUT2D eigenvalue weighted by Gasteiger charge is -2.11. The third-order valence-corrected chi connectivity index (χ3v) is 3.36. The van der Waals surface area contributed by atoms with Crippen LogP contribution in [0.2, 0.25) is 0 Å². The Balaban J connectivity index is 2.54. The first-order valence-electron chi connectivity index (χ1n) is 6.08. The number of carbonyl (C=O) groups is 2. The fourth-order valence-corrected chi connectivity index (χ4v) is 2.13. The van der Waals surface area contributed by atoms with Gasteiger partial charge < -0.3 is 5.73 Å². The summed E-state index contributed by atoms with van der Waals surface area (Å²) >= 11 is 3.35. The van der Waals surface area contributed by atoms with E-state index in [4.69, 9.17) is 5.73 Å². The molecule has 18 heavy (non-hydrogen) atoms. The summed E-state index contributed by atoms with van der Waals surface area (Å²) in [6, 6.07) is 7.61. The lowest BCUT2D eigenvalue weighted by molar-refractivity contribution is -0.127. The van der Waals surface area contributed by atoms with Gasteiger partial charge in [-0.3, -0.25) is 9.59 Å². The molecule has 98 valence electrons. The highest BCUT2D eigenvalue weighted by atomic mass is 79.9. The molecule has 4 heteroatoms. The fourth-order valence-electron chi connectivity index (χ4n) is 1.87. The van der Waals surface area contributed by atoms with E-state index in [9.17, 15) is 9.59 Å². The van der Waals surface area contributed by atoms with Gasteiger partial charge in [0.1, 0.15) is 5.78 Å². The SMILES string of the molecule is CCC[C@H](CC(=O)Cc1ccc(Br)cc1)C(N)=O. The number of hydrogen-bond acceptors (Lipinski definition) is 2. The van der Waals surface area contributed by atoms with E-state index in [0.29, 0.717) is 12.8 Å². The minimum absolute atomic E-state index is 0.0644. The van der Waals surface area contributed by atoms with Crippen LogP contribution >= 0.6 is 15.9 Å². The van der Waals surface area contributed by atoms with E-state index in [0.717, 1.165) is 16.5 Å². The van der Waals surface area contributed by atoms with E-state index < -0.39 is 0 Å². The predicted octanol–water partition coefficient (Wildman–Crippen LogP) is 2.85. The van der Waals surface area contributed by atoms with Crippen molar-refractivity contribution in [3.05, 3.63) is 34.3 Å². The van der Waals surface area contributed by atoms with Crippen molar-refractivity contribution < 1.29 is 9.59 Å². The summed E-state index contributed by atoms with van der Waals surface area (Å²) in [5, 5.41) is 0. The number of Topliss-reactive ketones (excluding diaryl/α,β-unsaturated/α-hetero) is 1. The topological polar surface area (TPSA) is 60.2 Å². The molecule has 0 radical (unpaired) electrons. The Hall–Kier alpha value is -1.16. The zero-order valence-corrected chi connectivity index (χ0v) is 12.1. The normalized spacial score (nSPS) is 12.1. The highest BCUT2D eigenvalue weighted by Crippen LogP contribution is 2.15. The zero-order chi connectivity index (χ0) is 13.5. The number of rotatable bonds is 7. The van der Waals surface area contributed by atoms with Gasteiger partial charge in [-0.2, -0.15) is 0 Å². The Morgan fingerprint density at radius 2 is 1.89 bits per heavy atom. The fraction of sp³-hybridized carbons (Fsp3) is 0.429. The summed E-state index contributed by atoms with van der Waals surface area (Å²) in [6.45, 7) is 1.98. The van der Waals surface area contributed by atoms with Crippen molar-refractivity contribution in [2.24, 2.45) is 11.7 Å². The van der Waals surface area contributed by atoms with Crippen LogP contribution in [0.3, 0.4) is 0 Å². The van der Waals surface area contributed by atoms with Crippen molar-refractivity contribution >= 4 is 27.6 Å². The molecule has 0 aliphatic carbocycles. The van der Waals surface area contributed by atoms with Gasteiger partial charge in [0.15, 0.2) is 0 Å². The van der Waals surface area contributed by atoms with Crippen molar-refractivity contribution in [2.75, 3.05) is 0 Å². The van der Waals surface area contributed by atoms with Gasteiger partial charge in [-0.15, -0.1) is 0 Å². The first kappa shape index (κ1) is 14.9. The largest absolute Gasteiger partial charge is 0.369 e. The molecule has 1 aromatic rings. The number of carbonyl (C=O) groups excluding carboxylic acids is 2. The van der Waals surface area contributed by atoms with E-state index >= 15 is 0 Å². The average molecular weight is 312 g/mol. The Bertz CT molecular complexity index is 414. The molecule has 0 aromatic heterocycles. The summed E-state index contributed by atoms with van der Waals surface area (Å²) in [6.07, 6.45) is 2.15. The molecule has 0 aliphatic rings. The second kappa shape index (κ2) is 7.31. The second-order valence-electron chi connectivity index (χ2n) is 4.43. The molecule has 0 saturated carbocycles. The molecule has 3 nitrogen and oxygen atoms in total. The molecule has 0 bridgehead atoms. The van der Waals surface area contributed by atoms with Crippen molar-refractivity contribution in [3.63, 3.8) is 0 Å². The molecule has 1 aromatic carbocycles. The summed E-state index contributed by atoms with van der Waals surface area (Å²) in [5.74, 6) is -0.631. The Morgan fingerprint density at radius 1 is 1.28 bits per heavy atom. The molecule has 1 amide bonds. The molecule has 1 atom stereocenters.